The van der Waals surface area contributed by atoms with Crippen molar-refractivity contribution in [3.05, 3.63) is 201 Å². The second-order valence-corrected chi connectivity index (χ2v) is 15.5. The molecule has 0 unspecified atom stereocenters. The first-order chi connectivity index (χ1) is 27.2. The van der Waals surface area contributed by atoms with Crippen LogP contribution in [0.15, 0.2) is 146 Å². The molecule has 0 saturated carbocycles. The van der Waals surface area contributed by atoms with Crippen molar-refractivity contribution in [1.82, 2.24) is 0 Å². The summed E-state index contributed by atoms with van der Waals surface area (Å²) in [6.45, 7) is 21.3. The molecule has 7 aromatic rings. The van der Waals surface area contributed by atoms with Crippen molar-refractivity contribution in [1.29, 1.82) is 0 Å². The van der Waals surface area contributed by atoms with Gasteiger partial charge < -0.3 is 18.9 Å². The fourth-order valence-corrected chi connectivity index (χ4v) is 6.30. The van der Waals surface area contributed by atoms with Crippen LogP contribution < -0.4 is 18.9 Å². The minimum atomic E-state index is -0.141. The summed E-state index contributed by atoms with van der Waals surface area (Å²) in [5.74, 6) is 6.61. The normalized spacial score (nSPS) is 11.0. The van der Waals surface area contributed by atoms with Crippen molar-refractivity contribution >= 4 is 0 Å². The van der Waals surface area contributed by atoms with Gasteiger partial charge in [-0.2, -0.15) is 0 Å². The second kappa shape index (κ2) is 17.7. The van der Waals surface area contributed by atoms with Crippen LogP contribution in [-0.4, -0.2) is 0 Å². The molecule has 0 radical (unpaired) electrons. The van der Waals surface area contributed by atoms with Crippen molar-refractivity contribution < 1.29 is 18.9 Å². The van der Waals surface area contributed by atoms with Crippen molar-refractivity contribution in [2.45, 2.75) is 74.7 Å². The van der Waals surface area contributed by atoms with Gasteiger partial charge in [-0.05, 0) is 196 Å². The molecule has 0 aliphatic carbocycles. The van der Waals surface area contributed by atoms with E-state index in [1.807, 2.05) is 84.9 Å². The lowest BCUT2D eigenvalue weighted by atomic mass is 9.78. The quantitative estimate of drug-likeness (QED) is 0.139. The molecular formula is C53H54O4. The molecule has 7 rings (SSSR count). The van der Waals surface area contributed by atoms with E-state index in [0.29, 0.717) is 0 Å². The van der Waals surface area contributed by atoms with Gasteiger partial charge in [0, 0.05) is 11.5 Å². The number of ether oxygens (including phenoxy) is 4. The molecular weight excluding hydrogens is 701 g/mol. The third-order valence-corrected chi connectivity index (χ3v) is 10.8. The van der Waals surface area contributed by atoms with E-state index in [1.54, 1.807) is 0 Å². The summed E-state index contributed by atoms with van der Waals surface area (Å²) in [4.78, 5) is 0. The summed E-state index contributed by atoms with van der Waals surface area (Å²) >= 11 is 0. The topological polar surface area (TPSA) is 36.9 Å². The summed E-state index contributed by atoms with van der Waals surface area (Å²) in [5.41, 5.74) is 12.3. The molecule has 0 bridgehead atoms. The van der Waals surface area contributed by atoms with Gasteiger partial charge in [0.15, 0.2) is 0 Å². The Hall–Kier alpha value is -6.26. The van der Waals surface area contributed by atoms with Crippen LogP contribution in [0.4, 0.5) is 0 Å². The maximum atomic E-state index is 6.06. The first-order valence-electron chi connectivity index (χ1n) is 19.5. The minimum absolute atomic E-state index is 0.141. The molecule has 0 aliphatic rings. The number of hydrogen-bond acceptors (Lipinski definition) is 4. The zero-order valence-corrected chi connectivity index (χ0v) is 35.0. The van der Waals surface area contributed by atoms with Gasteiger partial charge >= 0.3 is 0 Å². The maximum absolute atomic E-state index is 6.06. The Morgan fingerprint density at radius 3 is 0.789 bits per heavy atom. The molecule has 0 aromatic heterocycles. The van der Waals surface area contributed by atoms with Crippen molar-refractivity contribution in [2.75, 3.05) is 0 Å². The molecule has 4 heteroatoms. The van der Waals surface area contributed by atoms with Gasteiger partial charge in [0.2, 0.25) is 0 Å². The van der Waals surface area contributed by atoms with Crippen molar-refractivity contribution in [2.24, 2.45) is 0 Å². The van der Waals surface area contributed by atoms with Crippen LogP contribution >= 0.6 is 0 Å². The fourth-order valence-electron chi connectivity index (χ4n) is 6.30. The molecule has 290 valence electrons. The molecule has 0 N–H and O–H groups in total. The van der Waals surface area contributed by atoms with E-state index >= 15 is 0 Å². The largest absolute Gasteiger partial charge is 0.457 e. The third kappa shape index (κ3) is 10.5. The van der Waals surface area contributed by atoms with Gasteiger partial charge in [0.1, 0.15) is 46.0 Å². The third-order valence-electron chi connectivity index (χ3n) is 10.8. The lowest BCUT2D eigenvalue weighted by Crippen LogP contribution is -2.18. The Balaban J connectivity index is 0.000000203. The van der Waals surface area contributed by atoms with Crippen LogP contribution in [0.2, 0.25) is 0 Å². The number of hydrogen-bond donors (Lipinski definition) is 0. The molecule has 57 heavy (non-hydrogen) atoms. The summed E-state index contributed by atoms with van der Waals surface area (Å²) < 4.78 is 24.0. The van der Waals surface area contributed by atoms with Crippen LogP contribution in [0.25, 0.3) is 0 Å². The number of benzene rings is 7. The van der Waals surface area contributed by atoms with Crippen LogP contribution in [-0.2, 0) is 5.41 Å². The molecule has 0 spiro atoms. The highest BCUT2D eigenvalue weighted by Crippen LogP contribution is 2.35. The fraction of sp³-hybridized carbons (Fsp3) is 0.208. The van der Waals surface area contributed by atoms with Crippen LogP contribution in [0.1, 0.15) is 69.5 Å². The monoisotopic (exact) mass is 754 g/mol. The predicted molar refractivity (Wildman–Crippen MR) is 235 cm³/mol. The zero-order chi connectivity index (χ0) is 40.7. The lowest BCUT2D eigenvalue weighted by Gasteiger charge is -2.26. The highest BCUT2D eigenvalue weighted by Gasteiger charge is 2.23. The van der Waals surface area contributed by atoms with Crippen molar-refractivity contribution in [3.63, 3.8) is 0 Å². The number of aryl methyl sites for hydroxylation is 8. The van der Waals surface area contributed by atoms with Crippen molar-refractivity contribution in [3.8, 4) is 46.0 Å². The van der Waals surface area contributed by atoms with Gasteiger partial charge in [-0.25, -0.2) is 0 Å². The van der Waals surface area contributed by atoms with Crippen LogP contribution in [0.3, 0.4) is 0 Å². The SMILES string of the molecule is Cc1ccc(Oc2ccc(C(C)(C)c3ccc(Oc4ccc(C)c(C)c4)cc3)cc2)cc1C.Cc1ccc(Oc2cccc(Oc3ccc(C)c(C)c3)c2)cc1C. The summed E-state index contributed by atoms with van der Waals surface area (Å²) in [6.07, 6.45) is 0. The number of rotatable bonds is 10. The second-order valence-electron chi connectivity index (χ2n) is 15.5. The Morgan fingerprint density at radius 2 is 0.509 bits per heavy atom. The molecule has 0 fully saturated rings. The maximum Gasteiger partial charge on any atom is 0.131 e. The standard InChI is InChI=1S/C31H32O2.C22H22O2/c1-21-7-13-29(19-23(21)3)32-27-15-9-25(10-16-27)31(5,6)26-11-17-28(18-12-26)33-30-14-8-22(2)24(4)20-30;1-15-8-10-21(12-17(15)3)23-19-6-5-7-20(14-19)24-22-11-9-16(2)18(4)13-22/h7-20H,1-6H3;5-14H,1-4H3. The van der Waals surface area contributed by atoms with Gasteiger partial charge in [-0.1, -0.05) is 68.4 Å². The van der Waals surface area contributed by atoms with E-state index in [0.717, 1.165) is 46.0 Å². The average Bonchev–Trinajstić information content (AvgIpc) is 3.18. The first-order valence-corrected chi connectivity index (χ1v) is 19.5. The minimum Gasteiger partial charge on any atom is -0.457 e. The highest BCUT2D eigenvalue weighted by molar-refractivity contribution is 5.46. The van der Waals surface area contributed by atoms with Crippen LogP contribution in [0, 0.1) is 55.4 Å². The summed E-state index contributed by atoms with van der Waals surface area (Å²) in [7, 11) is 0. The molecule has 0 aliphatic heterocycles. The smallest absolute Gasteiger partial charge is 0.131 e. The molecule has 0 atom stereocenters. The van der Waals surface area contributed by atoms with Gasteiger partial charge in [0.05, 0.1) is 0 Å². The lowest BCUT2D eigenvalue weighted by molar-refractivity contribution is 0.460. The molecule has 4 nitrogen and oxygen atoms in total. The Labute approximate surface area is 339 Å². The predicted octanol–water partition coefficient (Wildman–Crippen LogP) is 15.3. The van der Waals surface area contributed by atoms with E-state index in [4.69, 9.17) is 18.9 Å². The summed E-state index contributed by atoms with van der Waals surface area (Å²) in [6, 6.07) is 49.1. The Bertz CT molecular complexity index is 2290. The Kier molecular flexibility index (Phi) is 12.5. The van der Waals surface area contributed by atoms with Crippen LogP contribution in [0.5, 0.6) is 46.0 Å². The first kappa shape index (κ1) is 40.4. The Morgan fingerprint density at radius 1 is 0.263 bits per heavy atom. The molecule has 0 amide bonds. The van der Waals surface area contributed by atoms with E-state index in [2.05, 4.69) is 130 Å². The average molecular weight is 755 g/mol. The van der Waals surface area contributed by atoms with E-state index < -0.39 is 0 Å². The van der Waals surface area contributed by atoms with Gasteiger partial charge in [-0.15, -0.1) is 0 Å². The van der Waals surface area contributed by atoms with E-state index in [-0.39, 0.29) is 5.41 Å². The molecule has 0 saturated heterocycles. The van der Waals surface area contributed by atoms with E-state index in [1.165, 1.54) is 55.6 Å². The van der Waals surface area contributed by atoms with Gasteiger partial charge in [-0.3, -0.25) is 0 Å². The highest BCUT2D eigenvalue weighted by atomic mass is 16.5. The zero-order valence-electron chi connectivity index (χ0n) is 35.0. The molecule has 0 heterocycles. The van der Waals surface area contributed by atoms with Gasteiger partial charge in [0.25, 0.3) is 0 Å². The summed E-state index contributed by atoms with van der Waals surface area (Å²) in [5, 5.41) is 0. The van der Waals surface area contributed by atoms with E-state index in [9.17, 15) is 0 Å². The molecule has 7 aromatic carbocycles.